The van der Waals surface area contributed by atoms with Crippen LogP contribution in [0, 0.1) is 13.8 Å². The second-order valence-electron chi connectivity index (χ2n) is 4.27. The monoisotopic (exact) mass is 218 g/mol. The van der Waals surface area contributed by atoms with Crippen LogP contribution < -0.4 is 5.73 Å². The number of nitrogens with two attached hydrogens (primary N) is 1. The smallest absolute Gasteiger partial charge is 0.0876 e. The Labute approximate surface area is 96.3 Å². The Kier molecular flexibility index (Phi) is 3.25. The molecule has 1 atom stereocenters. The SMILES string of the molecule is Cc1ccc(C(N)C2=COCCC2)c(C)n1. The van der Waals surface area contributed by atoms with E-state index in [-0.39, 0.29) is 6.04 Å². The van der Waals surface area contributed by atoms with Crippen molar-refractivity contribution < 1.29 is 4.74 Å². The van der Waals surface area contributed by atoms with E-state index in [1.807, 2.05) is 26.2 Å². The fourth-order valence-electron chi connectivity index (χ4n) is 2.04. The van der Waals surface area contributed by atoms with E-state index in [9.17, 15) is 0 Å². The lowest BCUT2D eigenvalue weighted by atomic mass is 9.95. The summed E-state index contributed by atoms with van der Waals surface area (Å²) >= 11 is 0. The molecule has 1 aromatic heterocycles. The molecule has 3 nitrogen and oxygen atoms in total. The summed E-state index contributed by atoms with van der Waals surface area (Å²) in [5.74, 6) is 0. The van der Waals surface area contributed by atoms with Crippen molar-refractivity contribution in [3.05, 3.63) is 40.9 Å². The van der Waals surface area contributed by atoms with Gasteiger partial charge in [0.05, 0.1) is 18.9 Å². The van der Waals surface area contributed by atoms with Crippen molar-refractivity contribution in [3.63, 3.8) is 0 Å². The van der Waals surface area contributed by atoms with Crippen molar-refractivity contribution in [1.29, 1.82) is 0 Å². The summed E-state index contributed by atoms with van der Waals surface area (Å²) in [5, 5.41) is 0. The van der Waals surface area contributed by atoms with Gasteiger partial charge in [-0.25, -0.2) is 0 Å². The van der Waals surface area contributed by atoms with Crippen LogP contribution in [0.5, 0.6) is 0 Å². The van der Waals surface area contributed by atoms with E-state index in [1.54, 1.807) is 0 Å². The molecule has 86 valence electrons. The molecule has 2 rings (SSSR count). The molecule has 0 amide bonds. The largest absolute Gasteiger partial charge is 0.501 e. The lowest BCUT2D eigenvalue weighted by Crippen LogP contribution is -2.18. The van der Waals surface area contributed by atoms with Crippen LogP contribution in [0.4, 0.5) is 0 Å². The highest BCUT2D eigenvalue weighted by Gasteiger charge is 2.17. The van der Waals surface area contributed by atoms with Gasteiger partial charge in [0.2, 0.25) is 0 Å². The maximum absolute atomic E-state index is 6.23. The summed E-state index contributed by atoms with van der Waals surface area (Å²) < 4.78 is 5.33. The van der Waals surface area contributed by atoms with E-state index in [2.05, 4.69) is 11.1 Å². The minimum atomic E-state index is -0.0756. The number of aromatic nitrogens is 1. The van der Waals surface area contributed by atoms with Gasteiger partial charge >= 0.3 is 0 Å². The van der Waals surface area contributed by atoms with Gasteiger partial charge in [-0.2, -0.15) is 0 Å². The number of nitrogens with zero attached hydrogens (tertiary/aromatic N) is 1. The predicted molar refractivity (Wildman–Crippen MR) is 63.9 cm³/mol. The molecule has 0 saturated heterocycles. The van der Waals surface area contributed by atoms with Gasteiger partial charge in [0.25, 0.3) is 0 Å². The van der Waals surface area contributed by atoms with Gasteiger partial charge in [-0.3, -0.25) is 4.98 Å². The van der Waals surface area contributed by atoms with E-state index in [0.29, 0.717) is 0 Å². The first-order valence-corrected chi connectivity index (χ1v) is 5.69. The molecule has 0 spiro atoms. The summed E-state index contributed by atoms with van der Waals surface area (Å²) in [7, 11) is 0. The first kappa shape index (κ1) is 11.1. The van der Waals surface area contributed by atoms with Crippen molar-refractivity contribution in [2.45, 2.75) is 32.7 Å². The van der Waals surface area contributed by atoms with Crippen LogP contribution in [-0.2, 0) is 4.74 Å². The van der Waals surface area contributed by atoms with Crippen molar-refractivity contribution in [1.82, 2.24) is 4.98 Å². The molecule has 0 aromatic carbocycles. The van der Waals surface area contributed by atoms with Crippen LogP contribution in [0.3, 0.4) is 0 Å². The fourth-order valence-corrected chi connectivity index (χ4v) is 2.04. The number of rotatable bonds is 2. The quantitative estimate of drug-likeness (QED) is 0.829. The molecule has 1 aliphatic rings. The fraction of sp³-hybridized carbons (Fsp3) is 0.462. The third-order valence-corrected chi connectivity index (χ3v) is 2.96. The van der Waals surface area contributed by atoms with E-state index in [4.69, 9.17) is 10.5 Å². The Morgan fingerprint density at radius 1 is 1.38 bits per heavy atom. The molecule has 0 bridgehead atoms. The van der Waals surface area contributed by atoms with E-state index in [1.165, 1.54) is 5.57 Å². The first-order chi connectivity index (χ1) is 7.68. The Morgan fingerprint density at radius 2 is 2.19 bits per heavy atom. The lowest BCUT2D eigenvalue weighted by molar-refractivity contribution is 0.221. The number of ether oxygens (including phenoxy) is 1. The average Bonchev–Trinajstić information content (AvgIpc) is 2.29. The van der Waals surface area contributed by atoms with Crippen molar-refractivity contribution in [2.75, 3.05) is 6.61 Å². The second kappa shape index (κ2) is 4.66. The molecule has 1 unspecified atom stereocenters. The van der Waals surface area contributed by atoms with Gasteiger partial charge in [0, 0.05) is 11.4 Å². The Hall–Kier alpha value is -1.35. The molecule has 2 N–H and O–H groups in total. The van der Waals surface area contributed by atoms with Crippen molar-refractivity contribution in [2.24, 2.45) is 5.73 Å². The number of aryl methyl sites for hydroxylation is 2. The molecular formula is C13H18N2O. The van der Waals surface area contributed by atoms with Gasteiger partial charge in [0.1, 0.15) is 0 Å². The molecule has 0 radical (unpaired) electrons. The van der Waals surface area contributed by atoms with Gasteiger partial charge in [-0.15, -0.1) is 0 Å². The maximum atomic E-state index is 6.23. The Morgan fingerprint density at radius 3 is 2.81 bits per heavy atom. The van der Waals surface area contributed by atoms with Crippen LogP contribution in [0.25, 0.3) is 0 Å². The highest BCUT2D eigenvalue weighted by atomic mass is 16.5. The molecule has 3 heteroatoms. The summed E-state index contributed by atoms with van der Waals surface area (Å²) in [4.78, 5) is 4.44. The number of hydrogen-bond acceptors (Lipinski definition) is 3. The van der Waals surface area contributed by atoms with Gasteiger partial charge < -0.3 is 10.5 Å². The first-order valence-electron chi connectivity index (χ1n) is 5.69. The molecule has 16 heavy (non-hydrogen) atoms. The van der Waals surface area contributed by atoms with Gasteiger partial charge in [-0.05, 0) is 43.9 Å². The highest BCUT2D eigenvalue weighted by molar-refractivity contribution is 5.31. The summed E-state index contributed by atoms with van der Waals surface area (Å²) in [6.45, 7) is 4.80. The molecule has 0 fully saturated rings. The predicted octanol–water partition coefficient (Wildman–Crippen LogP) is 2.39. The second-order valence-corrected chi connectivity index (χ2v) is 4.27. The van der Waals surface area contributed by atoms with Crippen LogP contribution in [0.2, 0.25) is 0 Å². The van der Waals surface area contributed by atoms with Gasteiger partial charge in [0.15, 0.2) is 0 Å². The Bertz CT molecular complexity index is 412. The standard InChI is InChI=1S/C13H18N2O/c1-9-5-6-12(10(2)15-9)13(14)11-4-3-7-16-8-11/h5-6,8,13H,3-4,7,14H2,1-2H3. The summed E-state index contributed by atoms with van der Waals surface area (Å²) in [6, 6.07) is 4.00. The normalized spacial score (nSPS) is 17.6. The summed E-state index contributed by atoms with van der Waals surface area (Å²) in [5.41, 5.74) is 10.5. The zero-order valence-corrected chi connectivity index (χ0v) is 9.86. The molecular weight excluding hydrogens is 200 g/mol. The van der Waals surface area contributed by atoms with E-state index in [0.717, 1.165) is 36.4 Å². The maximum Gasteiger partial charge on any atom is 0.0876 e. The van der Waals surface area contributed by atoms with Crippen LogP contribution in [-0.4, -0.2) is 11.6 Å². The summed E-state index contributed by atoms with van der Waals surface area (Å²) in [6.07, 6.45) is 3.89. The lowest BCUT2D eigenvalue weighted by Gasteiger charge is -2.21. The Balaban J connectivity index is 2.26. The third kappa shape index (κ3) is 2.25. The van der Waals surface area contributed by atoms with Crippen molar-refractivity contribution >= 4 is 0 Å². The number of hydrogen-bond donors (Lipinski definition) is 1. The average molecular weight is 218 g/mol. The third-order valence-electron chi connectivity index (χ3n) is 2.96. The number of pyridine rings is 1. The van der Waals surface area contributed by atoms with Crippen molar-refractivity contribution in [3.8, 4) is 0 Å². The van der Waals surface area contributed by atoms with Crippen LogP contribution >= 0.6 is 0 Å². The van der Waals surface area contributed by atoms with E-state index >= 15 is 0 Å². The molecule has 1 aliphatic heterocycles. The minimum Gasteiger partial charge on any atom is -0.501 e. The molecule has 0 aliphatic carbocycles. The van der Waals surface area contributed by atoms with Gasteiger partial charge in [-0.1, -0.05) is 6.07 Å². The molecule has 1 aromatic rings. The zero-order chi connectivity index (χ0) is 11.5. The highest BCUT2D eigenvalue weighted by Crippen LogP contribution is 2.26. The molecule has 0 saturated carbocycles. The van der Waals surface area contributed by atoms with Crippen LogP contribution in [0.1, 0.15) is 35.8 Å². The molecule has 2 heterocycles. The topological polar surface area (TPSA) is 48.1 Å². The van der Waals surface area contributed by atoms with E-state index < -0.39 is 0 Å². The zero-order valence-electron chi connectivity index (χ0n) is 9.86. The van der Waals surface area contributed by atoms with Crippen LogP contribution in [0.15, 0.2) is 24.0 Å². The minimum absolute atomic E-state index is 0.0756.